The van der Waals surface area contributed by atoms with E-state index in [1.54, 1.807) is 20.8 Å². The monoisotopic (exact) mass is 625 g/mol. The summed E-state index contributed by atoms with van der Waals surface area (Å²) < 4.78 is 5.15. The number of aromatic amines is 1. The number of carboxylic acid groups (broad SMARTS) is 1. The van der Waals surface area contributed by atoms with E-state index >= 15 is 0 Å². The summed E-state index contributed by atoms with van der Waals surface area (Å²) in [5.74, 6) is -3.02. The van der Waals surface area contributed by atoms with Crippen LogP contribution in [0.25, 0.3) is 0 Å². The maximum atomic E-state index is 13.3. The van der Waals surface area contributed by atoms with Crippen LogP contribution in [0.5, 0.6) is 0 Å². The number of carbonyl (C=O) groups is 5. The molecule has 0 aliphatic carbocycles. The van der Waals surface area contributed by atoms with E-state index in [9.17, 15) is 29.1 Å². The van der Waals surface area contributed by atoms with Crippen molar-refractivity contribution >= 4 is 75.9 Å². The zero-order chi connectivity index (χ0) is 29.7. The van der Waals surface area contributed by atoms with Gasteiger partial charge in [0.15, 0.2) is 10.8 Å². The lowest BCUT2D eigenvalue weighted by atomic mass is 10.0. The van der Waals surface area contributed by atoms with E-state index in [0.29, 0.717) is 17.1 Å². The van der Waals surface area contributed by atoms with Gasteiger partial charge < -0.3 is 25.3 Å². The van der Waals surface area contributed by atoms with Crippen molar-refractivity contribution in [1.29, 1.82) is 0 Å². The van der Waals surface area contributed by atoms with Crippen LogP contribution < -0.4 is 10.6 Å². The van der Waals surface area contributed by atoms with Crippen LogP contribution in [0.4, 0.5) is 5.13 Å². The zero-order valence-electron chi connectivity index (χ0n) is 21.6. The number of esters is 1. The number of ether oxygens (including phenoxy) is 1. The number of tetrazole rings is 1. The number of rotatable bonds is 12. The first-order chi connectivity index (χ1) is 19.5. The third-order valence-electron chi connectivity index (χ3n) is 5.14. The van der Waals surface area contributed by atoms with Gasteiger partial charge in [0.2, 0.25) is 18.2 Å². The van der Waals surface area contributed by atoms with Gasteiger partial charge in [0.1, 0.15) is 28.4 Å². The summed E-state index contributed by atoms with van der Waals surface area (Å²) in [5.41, 5.74) is -0.812. The van der Waals surface area contributed by atoms with Crippen LogP contribution in [-0.4, -0.2) is 107 Å². The van der Waals surface area contributed by atoms with Gasteiger partial charge in [-0.2, -0.15) is 5.21 Å². The molecule has 0 saturated carbocycles. The lowest BCUT2D eigenvalue weighted by Crippen LogP contribution is -2.71. The normalized spacial score (nSPS) is 18.8. The van der Waals surface area contributed by atoms with Crippen LogP contribution in [0, 0.1) is 0 Å². The largest absolute Gasteiger partial charge is 0.477 e. The number of anilines is 1. The number of carboxylic acids is 1. The summed E-state index contributed by atoms with van der Waals surface area (Å²) in [6.45, 7) is 4.41. The summed E-state index contributed by atoms with van der Waals surface area (Å²) >= 11 is 3.44. The number of oxime groups is 1. The minimum atomic E-state index is -1.28. The Morgan fingerprint density at radius 1 is 1.37 bits per heavy atom. The predicted octanol–water partition coefficient (Wildman–Crippen LogP) is -0.182. The van der Waals surface area contributed by atoms with Crippen LogP contribution >= 0.6 is 34.9 Å². The van der Waals surface area contributed by atoms with Crippen molar-refractivity contribution in [2.75, 3.05) is 23.4 Å². The molecule has 2 atom stereocenters. The van der Waals surface area contributed by atoms with Gasteiger partial charge in [-0.1, -0.05) is 16.9 Å². The van der Waals surface area contributed by atoms with Gasteiger partial charge in [-0.25, -0.2) is 14.6 Å². The zero-order valence-corrected chi connectivity index (χ0v) is 24.1. The van der Waals surface area contributed by atoms with Crippen molar-refractivity contribution in [3.05, 3.63) is 22.3 Å². The average Bonchev–Trinajstić information content (AvgIpc) is 3.59. The van der Waals surface area contributed by atoms with E-state index in [2.05, 4.69) is 41.4 Å². The second-order valence-electron chi connectivity index (χ2n) is 9.20. The fourth-order valence-electron chi connectivity index (χ4n) is 3.59. The van der Waals surface area contributed by atoms with E-state index in [1.807, 2.05) is 0 Å². The second-order valence-corrected chi connectivity index (χ2v) is 12.1. The van der Waals surface area contributed by atoms with Gasteiger partial charge in [0.05, 0.1) is 0 Å². The average molecular weight is 626 g/mol. The Balaban J connectivity index is 1.48. The van der Waals surface area contributed by atoms with Crippen molar-refractivity contribution < 1.29 is 38.7 Å². The van der Waals surface area contributed by atoms with E-state index in [4.69, 9.17) is 9.57 Å². The summed E-state index contributed by atoms with van der Waals surface area (Å²) in [5, 5.41) is 33.1. The molecular weight excluding hydrogens is 602 g/mol. The standard InChI is InChI=1S/C21H23N9O8S3/c1-21(2,3)38-11(32)4-37-27-12(10-7-41-19(23-10)22-8-31)15(33)24-13-16(34)30-14(18(35)36)9(5-39-17(13)30)6-40-20-25-28-29-26-20/h7-8,13,17H,4-6H2,1-3H3,(H,24,33)(H,35,36)(H,22,23,31)(H,25,26,28,29)/t13?,17-/m1/s1. The molecule has 4 N–H and O–H groups in total. The number of aliphatic carboxylic acids is 1. The first-order valence-corrected chi connectivity index (χ1v) is 14.5. The number of aromatic nitrogens is 5. The first-order valence-electron chi connectivity index (χ1n) is 11.6. The molecule has 1 unspecified atom stereocenters. The highest BCUT2D eigenvalue weighted by atomic mass is 32.2. The third-order valence-corrected chi connectivity index (χ3v) is 8.18. The predicted molar refractivity (Wildman–Crippen MR) is 145 cm³/mol. The van der Waals surface area contributed by atoms with Gasteiger partial charge in [0.25, 0.3) is 11.8 Å². The molecule has 0 radical (unpaired) electrons. The number of β-lactam (4-membered cyclic amide) rings is 1. The number of nitrogens with one attached hydrogen (secondary N) is 3. The molecule has 2 aromatic rings. The van der Waals surface area contributed by atoms with Crippen molar-refractivity contribution in [3.8, 4) is 0 Å². The lowest BCUT2D eigenvalue weighted by Gasteiger charge is -2.49. The molecule has 4 heterocycles. The van der Waals surface area contributed by atoms with Crippen LogP contribution in [0.15, 0.2) is 27.0 Å². The smallest absolute Gasteiger partial charge is 0.352 e. The topological polar surface area (TPSA) is 231 Å². The molecule has 0 spiro atoms. The number of H-pyrrole nitrogens is 1. The molecule has 1 fully saturated rings. The molecular formula is C21H23N9O8S3. The quantitative estimate of drug-likeness (QED) is 0.0599. The minimum Gasteiger partial charge on any atom is -0.477 e. The van der Waals surface area contributed by atoms with E-state index in [-0.39, 0.29) is 33.7 Å². The number of thiazole rings is 1. The highest BCUT2D eigenvalue weighted by molar-refractivity contribution is 8.01. The summed E-state index contributed by atoms with van der Waals surface area (Å²) in [7, 11) is 0. The Bertz CT molecular complexity index is 1400. The number of thioether (sulfide) groups is 2. The van der Waals surface area contributed by atoms with Gasteiger partial charge in [0, 0.05) is 16.9 Å². The molecule has 1 saturated heterocycles. The van der Waals surface area contributed by atoms with Gasteiger partial charge in [-0.05, 0) is 31.6 Å². The Hall–Kier alpha value is -4.04. The molecule has 2 aliphatic heterocycles. The molecule has 0 aromatic carbocycles. The highest BCUT2D eigenvalue weighted by Crippen LogP contribution is 2.41. The maximum Gasteiger partial charge on any atom is 0.352 e. The number of hydrogen-bond donors (Lipinski definition) is 4. The van der Waals surface area contributed by atoms with Crippen molar-refractivity contribution in [1.82, 2.24) is 35.8 Å². The minimum absolute atomic E-state index is 0.00728. The van der Waals surface area contributed by atoms with Crippen molar-refractivity contribution in [2.45, 2.75) is 42.9 Å². The number of hydrogen-bond acceptors (Lipinski definition) is 15. The molecule has 17 nitrogen and oxygen atoms in total. The molecule has 3 amide bonds. The van der Waals surface area contributed by atoms with Crippen molar-refractivity contribution in [3.63, 3.8) is 0 Å². The van der Waals surface area contributed by atoms with Crippen molar-refractivity contribution in [2.24, 2.45) is 5.16 Å². The lowest BCUT2D eigenvalue weighted by molar-refractivity contribution is -0.160. The molecule has 41 heavy (non-hydrogen) atoms. The third kappa shape index (κ3) is 7.19. The van der Waals surface area contributed by atoms with Crippen LogP contribution in [0.1, 0.15) is 26.5 Å². The molecule has 4 rings (SSSR count). The Morgan fingerprint density at radius 3 is 2.80 bits per heavy atom. The number of fused-ring (bicyclic) bond motifs is 1. The summed E-state index contributed by atoms with van der Waals surface area (Å²) in [6.07, 6.45) is 0.406. The Morgan fingerprint density at radius 2 is 2.15 bits per heavy atom. The second kappa shape index (κ2) is 12.6. The van der Waals surface area contributed by atoms with E-state index in [1.165, 1.54) is 17.1 Å². The van der Waals surface area contributed by atoms with Gasteiger partial charge >= 0.3 is 11.9 Å². The highest BCUT2D eigenvalue weighted by Gasteiger charge is 2.54. The fraction of sp³-hybridized carbons (Fsp3) is 0.429. The molecule has 20 heteroatoms. The van der Waals surface area contributed by atoms with E-state index < -0.39 is 47.4 Å². The Labute approximate surface area is 243 Å². The van der Waals surface area contributed by atoms with Crippen LogP contribution in [0.3, 0.4) is 0 Å². The van der Waals surface area contributed by atoms with Crippen LogP contribution in [0.2, 0.25) is 0 Å². The van der Waals surface area contributed by atoms with Gasteiger partial charge in [-0.15, -0.1) is 33.3 Å². The first kappa shape index (κ1) is 29.9. The molecule has 0 bridgehead atoms. The number of amides is 3. The summed E-state index contributed by atoms with van der Waals surface area (Å²) in [6, 6.07) is -1.07. The van der Waals surface area contributed by atoms with E-state index in [0.717, 1.165) is 28.0 Å². The number of carbonyl (C=O) groups excluding carboxylic acids is 4. The summed E-state index contributed by atoms with van der Waals surface area (Å²) in [4.78, 5) is 71.5. The Kier molecular flexibility index (Phi) is 9.23. The van der Waals surface area contributed by atoms with Crippen LogP contribution in [-0.2, 0) is 33.5 Å². The van der Waals surface area contributed by atoms with Gasteiger partial charge in [-0.3, -0.25) is 19.3 Å². The molecule has 218 valence electrons. The SMILES string of the molecule is CC(C)(C)OC(=O)CON=C(C(=O)NC1C(=O)N2C(C(=O)O)=C(CSc3nn[nH]n3)CS[C@H]12)c1csc(NC=O)n1. The maximum absolute atomic E-state index is 13.3. The molecule has 2 aliphatic rings. The molecule has 2 aromatic heterocycles. The number of nitrogens with zero attached hydrogens (tertiary/aromatic N) is 6. The fourth-order valence-corrected chi connectivity index (χ4v) is 6.47.